The highest BCUT2D eigenvalue weighted by Gasteiger charge is 2.39. The van der Waals surface area contributed by atoms with E-state index in [-0.39, 0.29) is 11.6 Å². The molecule has 6 nitrogen and oxygen atoms in total. The Labute approximate surface area is 152 Å². The van der Waals surface area contributed by atoms with Crippen LogP contribution in [0.4, 0.5) is 4.79 Å². The zero-order valence-corrected chi connectivity index (χ0v) is 16.1. The quantitative estimate of drug-likeness (QED) is 0.817. The van der Waals surface area contributed by atoms with Crippen LogP contribution in [0, 0.1) is 5.92 Å². The summed E-state index contributed by atoms with van der Waals surface area (Å²) in [7, 11) is 4.22. The van der Waals surface area contributed by atoms with E-state index in [1.165, 1.54) is 32.1 Å². The first-order valence-electron chi connectivity index (χ1n) is 10.1. The highest BCUT2D eigenvalue weighted by atomic mass is 16.5. The molecule has 0 radical (unpaired) electrons. The summed E-state index contributed by atoms with van der Waals surface area (Å²) in [5.41, 5.74) is 0.153. The Morgan fingerprint density at radius 3 is 2.56 bits per heavy atom. The van der Waals surface area contributed by atoms with E-state index in [2.05, 4.69) is 29.2 Å². The van der Waals surface area contributed by atoms with Gasteiger partial charge < -0.3 is 19.9 Å². The number of ether oxygens (including phenoxy) is 1. The zero-order chi connectivity index (χ0) is 17.7. The summed E-state index contributed by atoms with van der Waals surface area (Å²) in [5, 5.41) is 3.30. The van der Waals surface area contributed by atoms with Crippen molar-refractivity contribution in [1.82, 2.24) is 20.0 Å². The minimum Gasteiger partial charge on any atom is -0.379 e. The first-order valence-corrected chi connectivity index (χ1v) is 10.1. The first kappa shape index (κ1) is 18.9. The van der Waals surface area contributed by atoms with E-state index >= 15 is 0 Å². The highest BCUT2D eigenvalue weighted by Crippen LogP contribution is 2.34. The molecule has 3 fully saturated rings. The molecule has 1 N–H and O–H groups in total. The molecule has 3 rings (SSSR count). The van der Waals surface area contributed by atoms with Crippen LogP contribution in [0.3, 0.4) is 0 Å². The first-order chi connectivity index (χ1) is 12.1. The minimum atomic E-state index is 0.138. The highest BCUT2D eigenvalue weighted by molar-refractivity contribution is 5.74. The maximum Gasteiger partial charge on any atom is 0.317 e. The van der Waals surface area contributed by atoms with Gasteiger partial charge in [-0.25, -0.2) is 4.79 Å². The van der Waals surface area contributed by atoms with Crippen LogP contribution < -0.4 is 5.32 Å². The summed E-state index contributed by atoms with van der Waals surface area (Å²) in [5.74, 6) is 0.614. The number of carbonyl (C=O) groups excluding carboxylic acids is 1. The average Bonchev–Trinajstić information content (AvgIpc) is 3.09. The number of rotatable bonds is 5. The van der Waals surface area contributed by atoms with Gasteiger partial charge in [0.25, 0.3) is 0 Å². The SMILES string of the molecule is CN(C)CC1CCN(C(=O)NCC2(N3CCOCC3)CCCCC2)C1. The lowest BCUT2D eigenvalue weighted by atomic mass is 9.80. The lowest BCUT2D eigenvalue weighted by molar-refractivity contribution is -0.0360. The number of urea groups is 1. The summed E-state index contributed by atoms with van der Waals surface area (Å²) < 4.78 is 5.54. The van der Waals surface area contributed by atoms with Crippen molar-refractivity contribution in [2.45, 2.75) is 44.1 Å². The third-order valence-electron chi connectivity index (χ3n) is 6.23. The molecule has 1 unspecified atom stereocenters. The fraction of sp³-hybridized carbons (Fsp3) is 0.947. The van der Waals surface area contributed by atoms with E-state index in [0.29, 0.717) is 5.92 Å². The molecule has 2 amide bonds. The molecule has 0 spiro atoms. The largest absolute Gasteiger partial charge is 0.379 e. The Morgan fingerprint density at radius 2 is 1.88 bits per heavy atom. The second-order valence-corrected chi connectivity index (χ2v) is 8.41. The van der Waals surface area contributed by atoms with Crippen molar-refractivity contribution in [3.63, 3.8) is 0 Å². The Morgan fingerprint density at radius 1 is 1.16 bits per heavy atom. The summed E-state index contributed by atoms with van der Waals surface area (Å²) in [4.78, 5) is 19.5. The number of amides is 2. The molecule has 2 heterocycles. The number of likely N-dealkylation sites (tertiary alicyclic amines) is 1. The van der Waals surface area contributed by atoms with Gasteiger partial charge in [0.05, 0.1) is 13.2 Å². The van der Waals surface area contributed by atoms with E-state index in [4.69, 9.17) is 4.74 Å². The Balaban J connectivity index is 1.53. The number of nitrogens with zero attached hydrogens (tertiary/aromatic N) is 3. The van der Waals surface area contributed by atoms with Gasteiger partial charge >= 0.3 is 6.03 Å². The van der Waals surface area contributed by atoms with E-state index < -0.39 is 0 Å². The molecule has 25 heavy (non-hydrogen) atoms. The Hall–Kier alpha value is -0.850. The van der Waals surface area contributed by atoms with Gasteiger partial charge in [0.2, 0.25) is 0 Å². The molecular weight excluding hydrogens is 316 g/mol. The minimum absolute atomic E-state index is 0.138. The van der Waals surface area contributed by atoms with E-state index in [1.54, 1.807) is 0 Å². The number of morpholine rings is 1. The van der Waals surface area contributed by atoms with Crippen molar-refractivity contribution >= 4 is 6.03 Å². The second-order valence-electron chi connectivity index (χ2n) is 8.41. The van der Waals surface area contributed by atoms with Crippen LogP contribution in [0.25, 0.3) is 0 Å². The lowest BCUT2D eigenvalue weighted by Gasteiger charge is -2.48. The third kappa shape index (κ3) is 4.86. The van der Waals surface area contributed by atoms with Crippen LogP contribution in [-0.4, -0.2) is 92.8 Å². The maximum absolute atomic E-state index is 12.7. The molecule has 3 aliphatic rings. The summed E-state index contributed by atoms with van der Waals surface area (Å²) >= 11 is 0. The molecule has 1 atom stereocenters. The summed E-state index contributed by atoms with van der Waals surface area (Å²) in [6, 6.07) is 0.138. The number of carbonyl (C=O) groups is 1. The molecule has 2 saturated heterocycles. The third-order valence-corrected chi connectivity index (χ3v) is 6.23. The van der Waals surface area contributed by atoms with Gasteiger partial charge in [-0.1, -0.05) is 19.3 Å². The molecule has 1 saturated carbocycles. The average molecular weight is 353 g/mol. The van der Waals surface area contributed by atoms with Crippen LogP contribution in [0.2, 0.25) is 0 Å². The van der Waals surface area contributed by atoms with Crippen LogP contribution >= 0.6 is 0 Å². The van der Waals surface area contributed by atoms with Gasteiger partial charge in [-0.15, -0.1) is 0 Å². The monoisotopic (exact) mass is 352 g/mol. The van der Waals surface area contributed by atoms with Gasteiger partial charge in [0.1, 0.15) is 0 Å². The Kier molecular flexibility index (Phi) is 6.58. The molecular formula is C19H36N4O2. The smallest absolute Gasteiger partial charge is 0.317 e. The van der Waals surface area contributed by atoms with Crippen molar-refractivity contribution in [3.8, 4) is 0 Å². The predicted molar refractivity (Wildman–Crippen MR) is 99.8 cm³/mol. The normalized spacial score (nSPS) is 27.6. The van der Waals surface area contributed by atoms with E-state index in [0.717, 1.165) is 58.9 Å². The molecule has 0 aromatic carbocycles. The second kappa shape index (κ2) is 8.69. The molecule has 0 aromatic heterocycles. The van der Waals surface area contributed by atoms with Gasteiger partial charge in [0, 0.05) is 44.8 Å². The number of nitrogens with one attached hydrogen (secondary N) is 1. The van der Waals surface area contributed by atoms with Gasteiger partial charge in [-0.3, -0.25) is 4.90 Å². The van der Waals surface area contributed by atoms with Crippen molar-refractivity contribution in [2.24, 2.45) is 5.92 Å². The fourth-order valence-electron chi connectivity index (χ4n) is 4.89. The molecule has 0 aromatic rings. The van der Waals surface area contributed by atoms with Crippen molar-refractivity contribution in [3.05, 3.63) is 0 Å². The number of hydrogen-bond acceptors (Lipinski definition) is 4. The van der Waals surface area contributed by atoms with Gasteiger partial charge in [-0.05, 0) is 39.3 Å². The van der Waals surface area contributed by atoms with E-state index in [1.807, 2.05) is 4.90 Å². The van der Waals surface area contributed by atoms with Crippen LogP contribution in [0.5, 0.6) is 0 Å². The van der Waals surface area contributed by atoms with Gasteiger partial charge in [0.15, 0.2) is 0 Å². The van der Waals surface area contributed by atoms with E-state index in [9.17, 15) is 4.79 Å². The molecule has 1 aliphatic carbocycles. The van der Waals surface area contributed by atoms with Gasteiger partial charge in [-0.2, -0.15) is 0 Å². The predicted octanol–water partition coefficient (Wildman–Crippen LogP) is 1.61. The fourth-order valence-corrected chi connectivity index (χ4v) is 4.89. The van der Waals surface area contributed by atoms with Crippen LogP contribution in [0.15, 0.2) is 0 Å². The lowest BCUT2D eigenvalue weighted by Crippen LogP contribution is -2.60. The molecule has 6 heteroatoms. The van der Waals surface area contributed by atoms with Crippen molar-refractivity contribution in [1.29, 1.82) is 0 Å². The molecule has 0 bridgehead atoms. The standard InChI is InChI=1S/C19H36N4O2/c1-21(2)14-17-6-9-22(15-17)18(24)20-16-19(7-4-3-5-8-19)23-10-12-25-13-11-23/h17H,3-16H2,1-2H3,(H,20,24). The maximum atomic E-state index is 12.7. The molecule has 144 valence electrons. The van der Waals surface area contributed by atoms with Crippen LogP contribution in [-0.2, 0) is 4.74 Å². The van der Waals surface area contributed by atoms with Crippen LogP contribution in [0.1, 0.15) is 38.5 Å². The van der Waals surface area contributed by atoms with Crippen molar-refractivity contribution < 1.29 is 9.53 Å². The summed E-state index contributed by atoms with van der Waals surface area (Å²) in [6.45, 7) is 7.32. The van der Waals surface area contributed by atoms with Crippen molar-refractivity contribution in [2.75, 3.05) is 66.6 Å². The number of hydrogen-bond donors (Lipinski definition) is 1. The topological polar surface area (TPSA) is 48.0 Å². The zero-order valence-electron chi connectivity index (χ0n) is 16.1. The molecule has 2 aliphatic heterocycles. The Bertz CT molecular complexity index is 431. The summed E-state index contributed by atoms with van der Waals surface area (Å²) in [6.07, 6.45) is 7.43.